The van der Waals surface area contributed by atoms with E-state index in [0.29, 0.717) is 11.7 Å². The van der Waals surface area contributed by atoms with Gasteiger partial charge in [0.2, 0.25) is 0 Å². The predicted molar refractivity (Wildman–Crippen MR) is 86.4 cm³/mol. The molecule has 0 spiro atoms. The molecule has 22 heavy (non-hydrogen) atoms. The van der Waals surface area contributed by atoms with Gasteiger partial charge in [-0.15, -0.1) is 0 Å². The van der Waals surface area contributed by atoms with Gasteiger partial charge < -0.3 is 10.2 Å². The quantitative estimate of drug-likeness (QED) is 0.942. The lowest BCUT2D eigenvalue weighted by Gasteiger charge is -2.32. The summed E-state index contributed by atoms with van der Waals surface area (Å²) in [5.41, 5.74) is 1.84. The van der Waals surface area contributed by atoms with Gasteiger partial charge in [-0.3, -0.25) is 9.78 Å². The highest BCUT2D eigenvalue weighted by Crippen LogP contribution is 2.13. The third-order valence-electron chi connectivity index (χ3n) is 4.10. The minimum atomic E-state index is 0.0436. The van der Waals surface area contributed by atoms with Crippen molar-refractivity contribution in [2.24, 2.45) is 0 Å². The molecule has 0 atom stereocenters. The number of likely N-dealkylation sites (tertiary alicyclic amines) is 1. The van der Waals surface area contributed by atoms with Crippen molar-refractivity contribution in [1.29, 1.82) is 0 Å². The maximum Gasteiger partial charge on any atom is 0.272 e. The number of rotatable bonds is 4. The highest BCUT2D eigenvalue weighted by atomic mass is 16.2. The van der Waals surface area contributed by atoms with Crippen LogP contribution in [-0.2, 0) is 6.54 Å². The number of amides is 1. The second-order valence-corrected chi connectivity index (χ2v) is 5.65. The van der Waals surface area contributed by atoms with Crippen molar-refractivity contribution in [3.05, 3.63) is 66.0 Å². The SMILES string of the molecule is O=C(c1ccccn1)N1CCC(NCc2ccccc2)CC1. The van der Waals surface area contributed by atoms with E-state index in [9.17, 15) is 4.79 Å². The lowest BCUT2D eigenvalue weighted by molar-refractivity contribution is 0.0699. The van der Waals surface area contributed by atoms with Gasteiger partial charge in [0, 0.05) is 31.9 Å². The number of carbonyl (C=O) groups is 1. The molecule has 3 rings (SSSR count). The summed E-state index contributed by atoms with van der Waals surface area (Å²) < 4.78 is 0. The summed E-state index contributed by atoms with van der Waals surface area (Å²) >= 11 is 0. The number of nitrogens with one attached hydrogen (secondary N) is 1. The zero-order valence-corrected chi connectivity index (χ0v) is 12.6. The van der Waals surface area contributed by atoms with Crippen molar-refractivity contribution >= 4 is 5.91 Å². The molecule has 1 fully saturated rings. The third-order valence-corrected chi connectivity index (χ3v) is 4.10. The predicted octanol–water partition coefficient (Wildman–Crippen LogP) is 2.48. The number of aromatic nitrogens is 1. The Morgan fingerprint density at radius 2 is 1.82 bits per heavy atom. The van der Waals surface area contributed by atoms with E-state index in [-0.39, 0.29) is 5.91 Å². The average molecular weight is 295 g/mol. The van der Waals surface area contributed by atoms with Gasteiger partial charge >= 0.3 is 0 Å². The van der Waals surface area contributed by atoms with Crippen LogP contribution in [0.25, 0.3) is 0 Å². The summed E-state index contributed by atoms with van der Waals surface area (Å²) in [6.07, 6.45) is 3.65. The third kappa shape index (κ3) is 3.71. The standard InChI is InChI=1S/C18H21N3O/c22-18(17-8-4-5-11-19-17)21-12-9-16(10-13-21)20-14-15-6-2-1-3-7-15/h1-8,11,16,20H,9-10,12-14H2. The summed E-state index contributed by atoms with van der Waals surface area (Å²) in [5.74, 6) is 0.0436. The molecule has 0 saturated carbocycles. The molecule has 1 saturated heterocycles. The Labute approximate surface area is 131 Å². The lowest BCUT2D eigenvalue weighted by atomic mass is 10.0. The molecule has 1 aromatic heterocycles. The second kappa shape index (κ2) is 7.18. The highest BCUT2D eigenvalue weighted by molar-refractivity contribution is 5.92. The smallest absolute Gasteiger partial charge is 0.272 e. The van der Waals surface area contributed by atoms with Gasteiger partial charge in [-0.05, 0) is 30.5 Å². The number of hydrogen-bond donors (Lipinski definition) is 1. The van der Waals surface area contributed by atoms with Crippen LogP contribution in [-0.4, -0.2) is 34.9 Å². The first-order valence-corrected chi connectivity index (χ1v) is 7.80. The van der Waals surface area contributed by atoms with E-state index < -0.39 is 0 Å². The van der Waals surface area contributed by atoms with E-state index in [0.717, 1.165) is 32.5 Å². The normalized spacial score (nSPS) is 15.7. The Morgan fingerprint density at radius 1 is 1.09 bits per heavy atom. The average Bonchev–Trinajstić information content (AvgIpc) is 2.61. The van der Waals surface area contributed by atoms with Gasteiger partial charge in [0.15, 0.2) is 0 Å². The van der Waals surface area contributed by atoms with Gasteiger partial charge in [0.25, 0.3) is 5.91 Å². The van der Waals surface area contributed by atoms with Crippen molar-refractivity contribution in [1.82, 2.24) is 15.2 Å². The highest BCUT2D eigenvalue weighted by Gasteiger charge is 2.23. The first-order chi connectivity index (χ1) is 10.8. The van der Waals surface area contributed by atoms with Crippen LogP contribution < -0.4 is 5.32 Å². The van der Waals surface area contributed by atoms with Crippen molar-refractivity contribution in [2.45, 2.75) is 25.4 Å². The van der Waals surface area contributed by atoms with Crippen molar-refractivity contribution in [3.8, 4) is 0 Å². The van der Waals surface area contributed by atoms with E-state index in [4.69, 9.17) is 0 Å². The van der Waals surface area contributed by atoms with E-state index in [1.165, 1.54) is 5.56 Å². The van der Waals surface area contributed by atoms with Crippen LogP contribution >= 0.6 is 0 Å². The number of pyridine rings is 1. The molecular formula is C18H21N3O. The van der Waals surface area contributed by atoms with Crippen LogP contribution in [0.4, 0.5) is 0 Å². The molecule has 1 aliphatic heterocycles. The second-order valence-electron chi connectivity index (χ2n) is 5.65. The zero-order chi connectivity index (χ0) is 15.2. The Bertz CT molecular complexity index is 592. The first kappa shape index (κ1) is 14.7. The molecule has 1 aromatic carbocycles. The molecule has 4 heteroatoms. The fourth-order valence-electron chi connectivity index (χ4n) is 2.80. The topological polar surface area (TPSA) is 45.2 Å². The number of carbonyl (C=O) groups excluding carboxylic acids is 1. The molecule has 0 bridgehead atoms. The Balaban J connectivity index is 1.47. The molecule has 1 amide bonds. The Morgan fingerprint density at radius 3 is 2.50 bits per heavy atom. The van der Waals surface area contributed by atoms with Gasteiger partial charge in [-0.25, -0.2) is 0 Å². The van der Waals surface area contributed by atoms with Crippen LogP contribution in [0.15, 0.2) is 54.7 Å². The Kier molecular flexibility index (Phi) is 4.81. The molecule has 1 N–H and O–H groups in total. The molecule has 2 aromatic rings. The maximum atomic E-state index is 12.3. The van der Waals surface area contributed by atoms with Crippen molar-refractivity contribution in [3.63, 3.8) is 0 Å². The number of piperidine rings is 1. The zero-order valence-electron chi connectivity index (χ0n) is 12.6. The molecule has 0 radical (unpaired) electrons. The largest absolute Gasteiger partial charge is 0.337 e. The van der Waals surface area contributed by atoms with Crippen LogP contribution in [0.2, 0.25) is 0 Å². The van der Waals surface area contributed by atoms with E-state index in [1.807, 2.05) is 23.1 Å². The molecule has 0 unspecified atom stereocenters. The van der Waals surface area contributed by atoms with Crippen LogP contribution in [0.3, 0.4) is 0 Å². The van der Waals surface area contributed by atoms with E-state index in [2.05, 4.69) is 34.6 Å². The fourth-order valence-corrected chi connectivity index (χ4v) is 2.80. The Hall–Kier alpha value is -2.20. The lowest BCUT2D eigenvalue weighted by Crippen LogP contribution is -2.44. The molecular weight excluding hydrogens is 274 g/mol. The van der Waals surface area contributed by atoms with E-state index in [1.54, 1.807) is 12.3 Å². The van der Waals surface area contributed by atoms with Crippen LogP contribution in [0.1, 0.15) is 28.9 Å². The molecule has 0 aliphatic carbocycles. The minimum absolute atomic E-state index is 0.0436. The summed E-state index contributed by atoms with van der Waals surface area (Å²) in [6, 6.07) is 16.4. The summed E-state index contributed by atoms with van der Waals surface area (Å²) in [7, 11) is 0. The number of nitrogens with zero attached hydrogens (tertiary/aromatic N) is 2. The van der Waals surface area contributed by atoms with Crippen LogP contribution in [0.5, 0.6) is 0 Å². The van der Waals surface area contributed by atoms with Gasteiger partial charge in [0.1, 0.15) is 5.69 Å². The molecule has 2 heterocycles. The number of hydrogen-bond acceptors (Lipinski definition) is 3. The maximum absolute atomic E-state index is 12.3. The van der Waals surface area contributed by atoms with Crippen molar-refractivity contribution in [2.75, 3.05) is 13.1 Å². The van der Waals surface area contributed by atoms with E-state index >= 15 is 0 Å². The van der Waals surface area contributed by atoms with Gasteiger partial charge in [0.05, 0.1) is 0 Å². The van der Waals surface area contributed by atoms with Gasteiger partial charge in [-0.1, -0.05) is 36.4 Å². The monoisotopic (exact) mass is 295 g/mol. The fraction of sp³-hybridized carbons (Fsp3) is 0.333. The summed E-state index contributed by atoms with van der Waals surface area (Å²) in [6.45, 7) is 2.48. The van der Waals surface area contributed by atoms with Crippen molar-refractivity contribution < 1.29 is 4.79 Å². The first-order valence-electron chi connectivity index (χ1n) is 7.80. The van der Waals surface area contributed by atoms with Gasteiger partial charge in [-0.2, -0.15) is 0 Å². The number of benzene rings is 1. The van der Waals surface area contributed by atoms with Crippen LogP contribution in [0, 0.1) is 0 Å². The summed E-state index contributed by atoms with van der Waals surface area (Å²) in [5, 5.41) is 3.58. The summed E-state index contributed by atoms with van der Waals surface area (Å²) in [4.78, 5) is 18.4. The molecule has 114 valence electrons. The minimum Gasteiger partial charge on any atom is -0.337 e. The molecule has 4 nitrogen and oxygen atoms in total. The molecule has 1 aliphatic rings.